The van der Waals surface area contributed by atoms with Crippen LogP contribution in [0.2, 0.25) is 0 Å². The molecule has 0 aliphatic carbocycles. The SMILES string of the molecule is C=CCOc1ccc(C[NH+](C)CN2C(=O)C(=O)N(C(C)C)C2=O)cc1. The Kier molecular flexibility index (Phi) is 5.93. The molecule has 134 valence electrons. The number of amides is 4. The van der Waals surface area contributed by atoms with Crippen molar-refractivity contribution in [2.75, 3.05) is 20.3 Å². The fraction of sp³-hybridized carbons (Fsp3) is 0.389. The minimum absolute atomic E-state index is 0.140. The molecule has 1 unspecified atom stereocenters. The van der Waals surface area contributed by atoms with Gasteiger partial charge in [-0.15, -0.1) is 0 Å². The summed E-state index contributed by atoms with van der Waals surface area (Å²) in [6, 6.07) is 6.71. The second-order valence-corrected chi connectivity index (χ2v) is 6.32. The molecular weight excluding hydrogens is 322 g/mol. The second kappa shape index (κ2) is 7.94. The maximum absolute atomic E-state index is 12.3. The van der Waals surface area contributed by atoms with Crippen LogP contribution in [0, 0.1) is 0 Å². The molecule has 2 rings (SSSR count). The van der Waals surface area contributed by atoms with E-state index in [4.69, 9.17) is 4.74 Å². The van der Waals surface area contributed by atoms with E-state index in [1.54, 1.807) is 19.9 Å². The molecule has 1 saturated heterocycles. The van der Waals surface area contributed by atoms with E-state index in [1.165, 1.54) is 0 Å². The third-order valence-electron chi connectivity index (χ3n) is 3.83. The zero-order valence-corrected chi connectivity index (χ0v) is 14.8. The first-order valence-electron chi connectivity index (χ1n) is 8.18. The van der Waals surface area contributed by atoms with Crippen LogP contribution < -0.4 is 9.64 Å². The molecule has 0 spiro atoms. The summed E-state index contributed by atoms with van der Waals surface area (Å²) < 4.78 is 5.43. The largest absolute Gasteiger partial charge is 0.490 e. The second-order valence-electron chi connectivity index (χ2n) is 6.32. The van der Waals surface area contributed by atoms with Crippen LogP contribution >= 0.6 is 0 Å². The van der Waals surface area contributed by atoms with Crippen LogP contribution in [0.4, 0.5) is 4.79 Å². The average molecular weight is 346 g/mol. The molecule has 1 aliphatic rings. The van der Waals surface area contributed by atoms with Gasteiger partial charge in [0.05, 0.1) is 7.05 Å². The number of benzene rings is 1. The first-order chi connectivity index (χ1) is 11.8. The number of carbonyl (C=O) groups excluding carboxylic acids is 3. The third-order valence-corrected chi connectivity index (χ3v) is 3.83. The smallest absolute Gasteiger partial charge is 0.338 e. The normalized spacial score (nSPS) is 15.9. The summed E-state index contributed by atoms with van der Waals surface area (Å²) in [6.07, 6.45) is 1.68. The van der Waals surface area contributed by atoms with Crippen molar-refractivity contribution in [3.63, 3.8) is 0 Å². The van der Waals surface area contributed by atoms with E-state index in [9.17, 15) is 14.4 Å². The van der Waals surface area contributed by atoms with E-state index < -0.39 is 17.8 Å². The highest BCUT2D eigenvalue weighted by molar-refractivity contribution is 6.44. The lowest BCUT2D eigenvalue weighted by atomic mass is 10.2. The van der Waals surface area contributed by atoms with Crippen LogP contribution in [0.3, 0.4) is 0 Å². The number of nitrogens with one attached hydrogen (secondary N) is 1. The molecule has 1 heterocycles. The summed E-state index contributed by atoms with van der Waals surface area (Å²) in [4.78, 5) is 39.2. The summed E-state index contributed by atoms with van der Waals surface area (Å²) in [5.41, 5.74) is 1.04. The van der Waals surface area contributed by atoms with Crippen molar-refractivity contribution in [1.82, 2.24) is 9.80 Å². The van der Waals surface area contributed by atoms with Crippen molar-refractivity contribution in [1.29, 1.82) is 0 Å². The van der Waals surface area contributed by atoms with Crippen molar-refractivity contribution in [2.24, 2.45) is 0 Å². The fourth-order valence-electron chi connectivity index (χ4n) is 2.65. The highest BCUT2D eigenvalue weighted by atomic mass is 16.5. The standard InChI is InChI=1S/C18H23N3O4/c1-5-10-25-15-8-6-14(7-9-15)11-19(4)12-20-16(22)17(23)21(13(2)3)18(20)24/h5-9,13H,1,10-12H2,2-4H3/p+1. The topological polar surface area (TPSA) is 71.4 Å². The number of urea groups is 1. The number of carbonyl (C=O) groups is 3. The Morgan fingerprint density at radius 1 is 1.16 bits per heavy atom. The van der Waals surface area contributed by atoms with Gasteiger partial charge < -0.3 is 9.64 Å². The van der Waals surface area contributed by atoms with Crippen LogP contribution in [-0.4, -0.2) is 54.0 Å². The molecule has 7 nitrogen and oxygen atoms in total. The number of nitrogens with zero attached hydrogens (tertiary/aromatic N) is 2. The molecular formula is C18H24N3O4+. The van der Waals surface area contributed by atoms with Gasteiger partial charge in [0.25, 0.3) is 0 Å². The van der Waals surface area contributed by atoms with Crippen LogP contribution in [-0.2, 0) is 16.1 Å². The van der Waals surface area contributed by atoms with Crippen molar-refractivity contribution < 1.29 is 24.0 Å². The van der Waals surface area contributed by atoms with Gasteiger partial charge in [-0.25, -0.2) is 9.69 Å². The zero-order valence-electron chi connectivity index (χ0n) is 14.8. The molecule has 0 saturated carbocycles. The Morgan fingerprint density at radius 3 is 2.32 bits per heavy atom. The van der Waals surface area contributed by atoms with Crippen LogP contribution in [0.25, 0.3) is 0 Å². The zero-order chi connectivity index (χ0) is 18.6. The number of rotatable bonds is 8. The molecule has 1 aliphatic heterocycles. The van der Waals surface area contributed by atoms with Crippen molar-refractivity contribution in [2.45, 2.75) is 26.4 Å². The van der Waals surface area contributed by atoms with Gasteiger partial charge in [0.2, 0.25) is 0 Å². The Hall–Kier alpha value is -2.67. The number of quaternary nitrogens is 1. The van der Waals surface area contributed by atoms with Gasteiger partial charge in [0.1, 0.15) is 18.9 Å². The highest BCUT2D eigenvalue weighted by Gasteiger charge is 2.46. The predicted octanol–water partition coefficient (Wildman–Crippen LogP) is 0.423. The Balaban J connectivity index is 1.97. The molecule has 7 heteroatoms. The van der Waals surface area contributed by atoms with Crippen molar-refractivity contribution in [3.8, 4) is 5.75 Å². The lowest BCUT2D eigenvalue weighted by Gasteiger charge is -2.21. The number of ether oxygens (including phenoxy) is 1. The Bertz CT molecular complexity index is 669. The molecule has 1 aromatic rings. The number of imide groups is 2. The molecule has 1 atom stereocenters. The van der Waals surface area contributed by atoms with Gasteiger partial charge in [-0.1, -0.05) is 12.7 Å². The van der Waals surface area contributed by atoms with Gasteiger partial charge in [0.15, 0.2) is 6.67 Å². The highest BCUT2D eigenvalue weighted by Crippen LogP contribution is 2.14. The number of hydrogen-bond acceptors (Lipinski definition) is 4. The Labute approximate surface area is 147 Å². The molecule has 1 fully saturated rings. The molecule has 0 aromatic heterocycles. The van der Waals surface area contributed by atoms with Crippen molar-refractivity contribution in [3.05, 3.63) is 42.5 Å². The van der Waals surface area contributed by atoms with Crippen molar-refractivity contribution >= 4 is 17.8 Å². The average Bonchev–Trinajstić information content (AvgIpc) is 2.77. The summed E-state index contributed by atoms with van der Waals surface area (Å²) in [5.74, 6) is -0.757. The molecule has 1 aromatic carbocycles. The first kappa shape index (κ1) is 18.7. The van der Waals surface area contributed by atoms with E-state index >= 15 is 0 Å². The third kappa shape index (κ3) is 4.24. The summed E-state index contributed by atoms with van der Waals surface area (Å²) in [5, 5.41) is 0. The summed E-state index contributed by atoms with van der Waals surface area (Å²) in [7, 11) is 1.87. The quantitative estimate of drug-likeness (QED) is 0.421. The lowest BCUT2D eigenvalue weighted by molar-refractivity contribution is -0.901. The van der Waals surface area contributed by atoms with E-state index in [0.717, 1.165) is 26.0 Å². The maximum Gasteiger partial charge on any atom is 0.338 e. The van der Waals surface area contributed by atoms with E-state index in [0.29, 0.717) is 13.2 Å². The maximum atomic E-state index is 12.3. The molecule has 4 amide bonds. The first-order valence-corrected chi connectivity index (χ1v) is 8.18. The van der Waals surface area contributed by atoms with E-state index in [2.05, 4.69) is 6.58 Å². The van der Waals surface area contributed by atoms with Crippen LogP contribution in [0.1, 0.15) is 19.4 Å². The fourth-order valence-corrected chi connectivity index (χ4v) is 2.65. The van der Waals surface area contributed by atoms with E-state index in [-0.39, 0.29) is 12.7 Å². The molecule has 0 radical (unpaired) electrons. The van der Waals surface area contributed by atoms with Gasteiger partial charge in [-0.3, -0.25) is 14.5 Å². The van der Waals surface area contributed by atoms with Crippen LogP contribution in [0.5, 0.6) is 5.75 Å². The van der Waals surface area contributed by atoms with E-state index in [1.807, 2.05) is 31.3 Å². The predicted molar refractivity (Wildman–Crippen MR) is 91.8 cm³/mol. The molecule has 1 N–H and O–H groups in total. The van der Waals surface area contributed by atoms with Gasteiger partial charge in [-0.2, -0.15) is 0 Å². The lowest BCUT2D eigenvalue weighted by Crippen LogP contribution is -3.09. The van der Waals surface area contributed by atoms with Gasteiger partial charge >= 0.3 is 17.8 Å². The Morgan fingerprint density at radius 2 is 1.80 bits per heavy atom. The number of hydrogen-bond donors (Lipinski definition) is 1. The molecule has 25 heavy (non-hydrogen) atoms. The minimum atomic E-state index is -0.758. The molecule has 0 bridgehead atoms. The summed E-state index contributed by atoms with van der Waals surface area (Å²) >= 11 is 0. The monoisotopic (exact) mass is 346 g/mol. The minimum Gasteiger partial charge on any atom is -0.490 e. The van der Waals surface area contributed by atoms with Gasteiger partial charge in [-0.05, 0) is 38.1 Å². The summed E-state index contributed by atoms with van der Waals surface area (Å²) in [6.45, 7) is 8.21. The van der Waals surface area contributed by atoms with Gasteiger partial charge in [0, 0.05) is 11.6 Å². The van der Waals surface area contributed by atoms with Crippen LogP contribution in [0.15, 0.2) is 36.9 Å².